The minimum Gasteiger partial charge on any atom is -0.385 e. The van der Waals surface area contributed by atoms with Gasteiger partial charge in [-0.25, -0.2) is 0 Å². The van der Waals surface area contributed by atoms with Crippen LogP contribution in [0.15, 0.2) is 0 Å². The fourth-order valence-corrected chi connectivity index (χ4v) is 3.48. The highest BCUT2D eigenvalue weighted by atomic mass is 16.5. The first-order chi connectivity index (χ1) is 9.16. The van der Waals surface area contributed by atoms with Crippen LogP contribution >= 0.6 is 0 Å². The topological polar surface area (TPSA) is 41.6 Å². The van der Waals surface area contributed by atoms with Gasteiger partial charge in [-0.05, 0) is 43.6 Å². The summed E-state index contributed by atoms with van der Waals surface area (Å²) >= 11 is 0. The Morgan fingerprint density at radius 2 is 2.26 bits per heavy atom. The third-order valence-electron chi connectivity index (χ3n) is 5.03. The number of amides is 1. The summed E-state index contributed by atoms with van der Waals surface area (Å²) in [5.41, 5.74) is 0.536. The van der Waals surface area contributed by atoms with Crippen molar-refractivity contribution in [3.63, 3.8) is 0 Å². The van der Waals surface area contributed by atoms with Crippen LogP contribution in [0.2, 0.25) is 0 Å². The summed E-state index contributed by atoms with van der Waals surface area (Å²) in [4.78, 5) is 14.2. The molecule has 1 saturated heterocycles. The van der Waals surface area contributed by atoms with Crippen molar-refractivity contribution in [2.45, 2.75) is 39.0 Å². The standard InChI is InChI=1S/C15H28N2O2/c1-13-5-9-17(12-15(13)6-3-7-15)11-14(18)16-8-4-10-19-2/h13H,3-12H2,1-2H3,(H,16,18). The van der Waals surface area contributed by atoms with E-state index in [1.165, 1.54) is 25.7 Å². The molecule has 1 unspecified atom stereocenters. The van der Waals surface area contributed by atoms with Crippen LogP contribution in [0.3, 0.4) is 0 Å². The lowest BCUT2D eigenvalue weighted by Crippen LogP contribution is -2.53. The number of nitrogens with zero attached hydrogens (tertiary/aromatic N) is 1. The van der Waals surface area contributed by atoms with E-state index in [1.54, 1.807) is 7.11 Å². The van der Waals surface area contributed by atoms with Crippen LogP contribution in [0.1, 0.15) is 39.0 Å². The number of methoxy groups -OCH3 is 1. The van der Waals surface area contributed by atoms with Gasteiger partial charge in [-0.1, -0.05) is 13.3 Å². The fraction of sp³-hybridized carbons (Fsp3) is 0.933. The van der Waals surface area contributed by atoms with Gasteiger partial charge < -0.3 is 10.1 Å². The molecule has 0 aromatic carbocycles. The van der Waals surface area contributed by atoms with Gasteiger partial charge in [0.25, 0.3) is 0 Å². The van der Waals surface area contributed by atoms with Crippen molar-refractivity contribution >= 4 is 5.91 Å². The molecule has 2 rings (SSSR count). The second-order valence-corrected chi connectivity index (χ2v) is 6.31. The number of carbonyl (C=O) groups is 1. The summed E-state index contributed by atoms with van der Waals surface area (Å²) in [7, 11) is 1.69. The Morgan fingerprint density at radius 3 is 2.89 bits per heavy atom. The molecule has 0 radical (unpaired) electrons. The normalized spacial score (nSPS) is 26.1. The predicted octanol–water partition coefficient (Wildman–Crippen LogP) is 1.65. The number of likely N-dealkylation sites (tertiary alicyclic amines) is 1. The van der Waals surface area contributed by atoms with Crippen LogP contribution in [0.25, 0.3) is 0 Å². The Morgan fingerprint density at radius 1 is 1.47 bits per heavy atom. The van der Waals surface area contributed by atoms with Gasteiger partial charge in [0.15, 0.2) is 0 Å². The van der Waals surface area contributed by atoms with Gasteiger partial charge in [0.1, 0.15) is 0 Å². The van der Waals surface area contributed by atoms with Crippen molar-refractivity contribution in [1.82, 2.24) is 10.2 Å². The molecule has 1 aliphatic carbocycles. The van der Waals surface area contributed by atoms with Gasteiger partial charge in [-0.3, -0.25) is 9.69 Å². The van der Waals surface area contributed by atoms with E-state index in [0.717, 1.165) is 32.0 Å². The highest BCUT2D eigenvalue weighted by Crippen LogP contribution is 2.50. The van der Waals surface area contributed by atoms with E-state index in [0.29, 0.717) is 18.6 Å². The van der Waals surface area contributed by atoms with E-state index in [-0.39, 0.29) is 5.91 Å². The molecular weight excluding hydrogens is 240 g/mol. The van der Waals surface area contributed by atoms with Crippen molar-refractivity contribution in [1.29, 1.82) is 0 Å². The van der Waals surface area contributed by atoms with Crippen LogP contribution < -0.4 is 5.32 Å². The Balaban J connectivity index is 1.69. The van der Waals surface area contributed by atoms with Crippen molar-refractivity contribution in [2.75, 3.05) is 39.9 Å². The molecule has 19 heavy (non-hydrogen) atoms. The van der Waals surface area contributed by atoms with E-state index >= 15 is 0 Å². The second kappa shape index (κ2) is 6.71. The number of hydrogen-bond acceptors (Lipinski definition) is 3. The summed E-state index contributed by atoms with van der Waals surface area (Å²) in [5, 5.41) is 2.98. The third kappa shape index (κ3) is 3.69. The molecular formula is C15H28N2O2. The van der Waals surface area contributed by atoms with Crippen molar-refractivity contribution in [3.8, 4) is 0 Å². The summed E-state index contributed by atoms with van der Waals surface area (Å²) < 4.78 is 4.97. The lowest BCUT2D eigenvalue weighted by Gasteiger charge is -2.53. The molecule has 1 N–H and O–H groups in total. The van der Waals surface area contributed by atoms with Crippen molar-refractivity contribution in [2.24, 2.45) is 11.3 Å². The summed E-state index contributed by atoms with van der Waals surface area (Å²) in [6.07, 6.45) is 6.24. The van der Waals surface area contributed by atoms with Gasteiger partial charge in [-0.2, -0.15) is 0 Å². The molecule has 4 nitrogen and oxygen atoms in total. The minimum absolute atomic E-state index is 0.167. The SMILES string of the molecule is COCCCNC(=O)CN1CCC(C)C2(CCC2)C1. The number of hydrogen-bond donors (Lipinski definition) is 1. The van der Waals surface area contributed by atoms with E-state index in [2.05, 4.69) is 17.1 Å². The Hall–Kier alpha value is -0.610. The van der Waals surface area contributed by atoms with Gasteiger partial charge >= 0.3 is 0 Å². The quantitative estimate of drug-likeness (QED) is 0.745. The molecule has 2 aliphatic rings. The molecule has 0 aromatic heterocycles. The summed E-state index contributed by atoms with van der Waals surface area (Å²) in [6.45, 7) is 6.60. The average Bonchev–Trinajstić information content (AvgIpc) is 2.35. The number of ether oxygens (including phenoxy) is 1. The van der Waals surface area contributed by atoms with Crippen molar-refractivity contribution in [3.05, 3.63) is 0 Å². The summed E-state index contributed by atoms with van der Waals surface area (Å²) in [6, 6.07) is 0. The zero-order valence-electron chi connectivity index (χ0n) is 12.4. The first kappa shape index (κ1) is 14.8. The maximum absolute atomic E-state index is 11.9. The Bertz CT molecular complexity index is 303. The lowest BCUT2D eigenvalue weighted by atomic mass is 9.59. The van der Waals surface area contributed by atoms with Crippen molar-refractivity contribution < 1.29 is 9.53 Å². The number of piperidine rings is 1. The molecule has 0 bridgehead atoms. The number of rotatable bonds is 6. The van der Waals surface area contributed by atoms with Gasteiger partial charge in [0.2, 0.25) is 5.91 Å². The monoisotopic (exact) mass is 268 g/mol. The van der Waals surface area contributed by atoms with Gasteiger partial charge in [-0.15, -0.1) is 0 Å². The zero-order valence-corrected chi connectivity index (χ0v) is 12.4. The van der Waals surface area contributed by atoms with Gasteiger partial charge in [0.05, 0.1) is 6.54 Å². The molecule has 1 spiro atoms. The van der Waals surface area contributed by atoms with E-state index < -0.39 is 0 Å². The van der Waals surface area contributed by atoms with E-state index in [9.17, 15) is 4.79 Å². The molecule has 1 heterocycles. The van der Waals surface area contributed by atoms with Crippen LogP contribution in [0.4, 0.5) is 0 Å². The highest BCUT2D eigenvalue weighted by Gasteiger charge is 2.45. The molecule has 110 valence electrons. The van der Waals surface area contributed by atoms with Crippen LogP contribution in [0, 0.1) is 11.3 Å². The lowest BCUT2D eigenvalue weighted by molar-refractivity contribution is -0.124. The van der Waals surface area contributed by atoms with Crippen LogP contribution in [-0.2, 0) is 9.53 Å². The Labute approximate surface area is 116 Å². The molecule has 0 aromatic rings. The maximum atomic E-state index is 11.9. The second-order valence-electron chi connectivity index (χ2n) is 6.31. The minimum atomic E-state index is 0.167. The largest absolute Gasteiger partial charge is 0.385 e. The molecule has 1 amide bonds. The fourth-order valence-electron chi connectivity index (χ4n) is 3.48. The van der Waals surface area contributed by atoms with E-state index in [4.69, 9.17) is 4.74 Å². The number of nitrogens with one attached hydrogen (secondary N) is 1. The van der Waals surface area contributed by atoms with E-state index in [1.807, 2.05) is 0 Å². The Kier molecular flexibility index (Phi) is 5.22. The van der Waals surface area contributed by atoms with Crippen LogP contribution in [-0.4, -0.2) is 50.7 Å². The molecule has 4 heteroatoms. The smallest absolute Gasteiger partial charge is 0.234 e. The van der Waals surface area contributed by atoms with Crippen LogP contribution in [0.5, 0.6) is 0 Å². The molecule has 1 aliphatic heterocycles. The number of carbonyl (C=O) groups excluding carboxylic acids is 1. The first-order valence-electron chi connectivity index (χ1n) is 7.64. The maximum Gasteiger partial charge on any atom is 0.234 e. The first-order valence-corrected chi connectivity index (χ1v) is 7.64. The highest BCUT2D eigenvalue weighted by molar-refractivity contribution is 5.78. The average molecular weight is 268 g/mol. The summed E-state index contributed by atoms with van der Waals surface area (Å²) in [5.74, 6) is 1.00. The zero-order chi connectivity index (χ0) is 13.7. The third-order valence-corrected chi connectivity index (χ3v) is 5.03. The molecule has 1 atom stereocenters. The van der Waals surface area contributed by atoms with Gasteiger partial charge in [0, 0.05) is 26.8 Å². The molecule has 2 fully saturated rings. The molecule has 1 saturated carbocycles. The predicted molar refractivity (Wildman–Crippen MR) is 76.0 cm³/mol.